The molecule has 2 aliphatic rings. The van der Waals surface area contributed by atoms with Crippen molar-refractivity contribution in [1.29, 1.82) is 0 Å². The van der Waals surface area contributed by atoms with Crippen molar-refractivity contribution in [2.45, 2.75) is 32.2 Å². The van der Waals surface area contributed by atoms with E-state index in [2.05, 4.69) is 5.32 Å². The van der Waals surface area contributed by atoms with Crippen LogP contribution in [-0.4, -0.2) is 53.8 Å². The molecule has 1 N–H and O–H groups in total. The summed E-state index contributed by atoms with van der Waals surface area (Å²) in [6, 6.07) is 13.9. The van der Waals surface area contributed by atoms with E-state index in [1.54, 1.807) is 31.2 Å². The molecule has 0 aromatic heterocycles. The summed E-state index contributed by atoms with van der Waals surface area (Å²) in [4.78, 5) is 64.7. The number of likely N-dealkylation sites (tertiary alicyclic amines) is 1. The molecule has 1 aliphatic heterocycles. The molecule has 0 radical (unpaired) electrons. The average molecular weight is 505 g/mol. The summed E-state index contributed by atoms with van der Waals surface area (Å²) in [6.07, 6.45) is 4.75. The van der Waals surface area contributed by atoms with Crippen molar-refractivity contribution < 1.29 is 33.4 Å². The molecule has 9 nitrogen and oxygen atoms in total. The first kappa shape index (κ1) is 25.8. The highest BCUT2D eigenvalue weighted by Crippen LogP contribution is 2.36. The zero-order chi connectivity index (χ0) is 26.4. The third kappa shape index (κ3) is 5.94. The maximum atomic E-state index is 13.2. The summed E-state index contributed by atoms with van der Waals surface area (Å²) in [5.41, 5.74) is 1.49. The Labute approximate surface area is 214 Å². The first-order valence-corrected chi connectivity index (χ1v) is 12.2. The van der Waals surface area contributed by atoms with Crippen LogP contribution in [-0.2, 0) is 35.1 Å². The number of nitrogens with zero attached hydrogens (tertiary/aromatic N) is 1. The predicted octanol–water partition coefficient (Wildman–Crippen LogP) is 2.91. The second kappa shape index (κ2) is 11.6. The van der Waals surface area contributed by atoms with Crippen LogP contribution in [0.4, 0.5) is 5.69 Å². The Bertz CT molecular complexity index is 1180. The van der Waals surface area contributed by atoms with E-state index in [1.807, 2.05) is 18.2 Å². The van der Waals surface area contributed by atoms with E-state index >= 15 is 0 Å². The van der Waals surface area contributed by atoms with Crippen LogP contribution in [0.1, 0.15) is 35.7 Å². The predicted molar refractivity (Wildman–Crippen MR) is 133 cm³/mol. The number of rotatable bonds is 9. The van der Waals surface area contributed by atoms with E-state index in [-0.39, 0.29) is 24.8 Å². The van der Waals surface area contributed by atoms with Gasteiger partial charge < -0.3 is 14.8 Å². The lowest BCUT2D eigenvalue weighted by atomic mass is 9.85. The lowest BCUT2D eigenvalue weighted by molar-refractivity contribution is -0.159. The quantitative estimate of drug-likeness (QED) is 0.317. The second-order valence-electron chi connectivity index (χ2n) is 8.86. The fraction of sp³-hybridized carbons (Fsp3) is 0.321. The van der Waals surface area contributed by atoms with Crippen LogP contribution in [0.15, 0.2) is 66.7 Å². The van der Waals surface area contributed by atoms with Crippen molar-refractivity contribution in [3.8, 4) is 0 Å². The van der Waals surface area contributed by atoms with Gasteiger partial charge in [0.1, 0.15) is 6.04 Å². The topological polar surface area (TPSA) is 119 Å². The minimum absolute atomic E-state index is 0.0843. The fourth-order valence-electron chi connectivity index (χ4n) is 4.58. The van der Waals surface area contributed by atoms with E-state index in [1.165, 1.54) is 24.3 Å². The smallest absolute Gasteiger partial charge is 0.338 e. The third-order valence-electron chi connectivity index (χ3n) is 6.42. The maximum absolute atomic E-state index is 13.2. The Morgan fingerprint density at radius 2 is 1.54 bits per heavy atom. The molecule has 1 aliphatic carbocycles. The van der Waals surface area contributed by atoms with Gasteiger partial charge in [-0.1, -0.05) is 42.5 Å². The Kier molecular flexibility index (Phi) is 8.12. The number of imide groups is 1. The summed E-state index contributed by atoms with van der Waals surface area (Å²) in [5.74, 6) is -3.64. The van der Waals surface area contributed by atoms with Crippen LogP contribution < -0.4 is 5.32 Å². The van der Waals surface area contributed by atoms with E-state index in [9.17, 15) is 24.0 Å². The Hall–Kier alpha value is -4.27. The van der Waals surface area contributed by atoms with Gasteiger partial charge in [0.2, 0.25) is 11.8 Å². The van der Waals surface area contributed by atoms with E-state index in [0.717, 1.165) is 10.5 Å². The number of fused-ring (bicyclic) bond motifs is 1. The number of amides is 3. The van der Waals surface area contributed by atoms with Crippen molar-refractivity contribution in [2.24, 2.45) is 11.8 Å². The van der Waals surface area contributed by atoms with Gasteiger partial charge in [-0.2, -0.15) is 0 Å². The molecule has 1 heterocycles. The van der Waals surface area contributed by atoms with Gasteiger partial charge in [0.15, 0.2) is 6.61 Å². The number of carbonyl (C=O) groups excluding carboxylic acids is 5. The molecule has 37 heavy (non-hydrogen) atoms. The molecule has 1 saturated heterocycles. The molecule has 1 fully saturated rings. The minimum atomic E-state index is -1.18. The molecular weight excluding hydrogens is 476 g/mol. The Balaban J connectivity index is 1.42. The van der Waals surface area contributed by atoms with Gasteiger partial charge in [0.25, 0.3) is 5.91 Å². The van der Waals surface area contributed by atoms with Crippen molar-refractivity contribution in [1.82, 2.24) is 4.90 Å². The van der Waals surface area contributed by atoms with Gasteiger partial charge in [-0.15, -0.1) is 0 Å². The van der Waals surface area contributed by atoms with Crippen LogP contribution in [0.25, 0.3) is 0 Å². The van der Waals surface area contributed by atoms with Gasteiger partial charge in [-0.25, -0.2) is 9.59 Å². The van der Waals surface area contributed by atoms with Gasteiger partial charge in [-0.3, -0.25) is 19.3 Å². The highest BCUT2D eigenvalue weighted by Gasteiger charge is 2.51. The molecular formula is C28H28N2O7. The van der Waals surface area contributed by atoms with E-state index < -0.39 is 42.3 Å². The summed E-state index contributed by atoms with van der Waals surface area (Å²) in [7, 11) is 0. The second-order valence-corrected chi connectivity index (χ2v) is 8.86. The van der Waals surface area contributed by atoms with Crippen LogP contribution in [0, 0.1) is 11.8 Å². The first-order valence-electron chi connectivity index (χ1n) is 12.2. The summed E-state index contributed by atoms with van der Waals surface area (Å²) in [6.45, 7) is 1.35. The number of esters is 2. The third-order valence-corrected chi connectivity index (χ3v) is 6.42. The van der Waals surface area contributed by atoms with Crippen molar-refractivity contribution in [3.05, 3.63) is 77.9 Å². The largest absolute Gasteiger partial charge is 0.462 e. The van der Waals surface area contributed by atoms with Gasteiger partial charge in [0.05, 0.1) is 24.0 Å². The number of hydrogen-bond acceptors (Lipinski definition) is 7. The molecule has 0 saturated carbocycles. The number of hydrogen-bond donors (Lipinski definition) is 1. The Morgan fingerprint density at radius 1 is 0.919 bits per heavy atom. The molecule has 3 amide bonds. The molecule has 2 aromatic rings. The highest BCUT2D eigenvalue weighted by molar-refractivity contribution is 6.08. The highest BCUT2D eigenvalue weighted by atomic mass is 16.5. The molecule has 192 valence electrons. The monoisotopic (exact) mass is 504 g/mol. The summed E-state index contributed by atoms with van der Waals surface area (Å²) >= 11 is 0. The van der Waals surface area contributed by atoms with Crippen LogP contribution >= 0.6 is 0 Å². The number of anilines is 1. The Morgan fingerprint density at radius 3 is 2.14 bits per heavy atom. The summed E-state index contributed by atoms with van der Waals surface area (Å²) in [5, 5.41) is 2.59. The SMILES string of the molecule is CCOC(=O)c1ccc(NC(=O)COC(=O)[C@@H](Cc2ccccc2)N2C(=O)[C@H]3CC=CC[C@H]3C2=O)cc1. The molecule has 0 bridgehead atoms. The maximum Gasteiger partial charge on any atom is 0.338 e. The van der Waals surface area contributed by atoms with E-state index in [0.29, 0.717) is 24.1 Å². The van der Waals surface area contributed by atoms with Crippen LogP contribution in [0.2, 0.25) is 0 Å². The molecule has 2 aromatic carbocycles. The zero-order valence-electron chi connectivity index (χ0n) is 20.4. The lowest BCUT2D eigenvalue weighted by Gasteiger charge is -2.25. The van der Waals surface area contributed by atoms with Gasteiger partial charge >= 0.3 is 11.9 Å². The molecule has 0 spiro atoms. The number of carbonyl (C=O) groups is 5. The molecule has 4 rings (SSSR count). The van der Waals surface area contributed by atoms with Crippen molar-refractivity contribution >= 4 is 35.3 Å². The molecule has 0 unspecified atom stereocenters. The minimum Gasteiger partial charge on any atom is -0.462 e. The van der Waals surface area contributed by atoms with Crippen molar-refractivity contribution in [3.63, 3.8) is 0 Å². The number of allylic oxidation sites excluding steroid dienone is 2. The van der Waals surface area contributed by atoms with E-state index in [4.69, 9.17) is 9.47 Å². The standard InChI is InChI=1S/C28H28N2O7/c1-2-36-27(34)19-12-14-20(15-13-19)29-24(31)17-37-28(35)23(16-18-8-4-3-5-9-18)30-25(32)21-10-6-7-11-22(21)26(30)33/h3-9,12-15,21-23H,2,10-11,16-17H2,1H3,(H,29,31)/t21-,22+,23-/m1/s1. The number of benzene rings is 2. The fourth-order valence-corrected chi connectivity index (χ4v) is 4.58. The first-order chi connectivity index (χ1) is 17.9. The summed E-state index contributed by atoms with van der Waals surface area (Å²) < 4.78 is 10.2. The van der Waals surface area contributed by atoms with Gasteiger partial charge in [0, 0.05) is 12.1 Å². The normalized spacial score (nSPS) is 19.2. The molecule has 9 heteroatoms. The number of nitrogens with one attached hydrogen (secondary N) is 1. The number of ether oxygens (including phenoxy) is 2. The van der Waals surface area contributed by atoms with Crippen LogP contribution in [0.5, 0.6) is 0 Å². The average Bonchev–Trinajstić information content (AvgIpc) is 3.16. The lowest BCUT2D eigenvalue weighted by Crippen LogP contribution is -2.48. The van der Waals surface area contributed by atoms with Crippen molar-refractivity contribution in [2.75, 3.05) is 18.5 Å². The zero-order valence-corrected chi connectivity index (χ0v) is 20.4. The molecule has 3 atom stereocenters. The van der Waals surface area contributed by atoms with Crippen LogP contribution in [0.3, 0.4) is 0 Å². The van der Waals surface area contributed by atoms with Gasteiger partial charge in [-0.05, 0) is 49.6 Å².